The van der Waals surface area contributed by atoms with E-state index in [1.165, 1.54) is 16.9 Å². The lowest BCUT2D eigenvalue weighted by atomic mass is 9.96. The molecule has 1 amide bonds. The van der Waals surface area contributed by atoms with Gasteiger partial charge >= 0.3 is 0 Å². The van der Waals surface area contributed by atoms with Crippen LogP contribution in [-0.4, -0.2) is 56.7 Å². The van der Waals surface area contributed by atoms with Crippen molar-refractivity contribution in [1.82, 2.24) is 4.90 Å². The summed E-state index contributed by atoms with van der Waals surface area (Å²) in [4.78, 5) is 19.6. The van der Waals surface area contributed by atoms with Gasteiger partial charge in [0.15, 0.2) is 0 Å². The second-order valence-corrected chi connectivity index (χ2v) is 7.71. The van der Waals surface area contributed by atoms with Crippen molar-refractivity contribution >= 4 is 17.3 Å². The van der Waals surface area contributed by atoms with Crippen LogP contribution in [0.15, 0.2) is 48.5 Å². The molecule has 4 rings (SSSR count). The zero-order valence-corrected chi connectivity index (χ0v) is 16.8. The summed E-state index contributed by atoms with van der Waals surface area (Å²) in [5.41, 5.74) is 3.77. The molecule has 28 heavy (non-hydrogen) atoms. The highest BCUT2D eigenvalue weighted by Crippen LogP contribution is 2.30. The van der Waals surface area contributed by atoms with Gasteiger partial charge in [0.2, 0.25) is 5.91 Å². The van der Waals surface area contributed by atoms with Gasteiger partial charge in [-0.1, -0.05) is 18.2 Å². The predicted molar refractivity (Wildman–Crippen MR) is 113 cm³/mol. The molecule has 5 heteroatoms. The Morgan fingerprint density at radius 1 is 1.04 bits per heavy atom. The van der Waals surface area contributed by atoms with Gasteiger partial charge in [0, 0.05) is 43.6 Å². The number of carbonyl (C=O) groups excluding carboxylic acids is 1. The van der Waals surface area contributed by atoms with Gasteiger partial charge < -0.3 is 19.4 Å². The van der Waals surface area contributed by atoms with Crippen LogP contribution in [0.3, 0.4) is 0 Å². The second kappa shape index (κ2) is 8.13. The number of hydrogen-bond donors (Lipinski definition) is 0. The topological polar surface area (TPSA) is 36.0 Å². The number of methoxy groups -OCH3 is 1. The minimum absolute atomic E-state index is 0.234. The fraction of sp³-hybridized carbons (Fsp3) is 0.435. The molecule has 1 unspecified atom stereocenters. The Hall–Kier alpha value is -2.69. The third-order valence-corrected chi connectivity index (χ3v) is 6.04. The fourth-order valence-electron chi connectivity index (χ4n) is 4.25. The SMILES string of the molecule is COc1ccc(N2CCN(C(=O)CN3c4ccccc4CCC3C)CC2)cc1. The van der Waals surface area contributed by atoms with Gasteiger partial charge in [0.25, 0.3) is 0 Å². The van der Waals surface area contributed by atoms with E-state index >= 15 is 0 Å². The number of nitrogens with zero attached hydrogens (tertiary/aromatic N) is 3. The molecule has 0 aliphatic carbocycles. The number of para-hydroxylation sites is 1. The number of hydrogen-bond acceptors (Lipinski definition) is 4. The smallest absolute Gasteiger partial charge is 0.242 e. The maximum Gasteiger partial charge on any atom is 0.242 e. The van der Waals surface area contributed by atoms with Crippen molar-refractivity contribution in [2.24, 2.45) is 0 Å². The van der Waals surface area contributed by atoms with Gasteiger partial charge in [0.05, 0.1) is 13.7 Å². The van der Waals surface area contributed by atoms with E-state index in [0.717, 1.165) is 44.8 Å². The van der Waals surface area contributed by atoms with Crippen molar-refractivity contribution in [3.8, 4) is 5.75 Å². The normalized spacial score (nSPS) is 19.4. The Balaban J connectivity index is 1.36. The van der Waals surface area contributed by atoms with Gasteiger partial charge in [-0.2, -0.15) is 0 Å². The van der Waals surface area contributed by atoms with Crippen LogP contribution in [-0.2, 0) is 11.2 Å². The van der Waals surface area contributed by atoms with E-state index < -0.39 is 0 Å². The first-order valence-electron chi connectivity index (χ1n) is 10.2. The van der Waals surface area contributed by atoms with Crippen molar-refractivity contribution in [1.29, 1.82) is 0 Å². The summed E-state index contributed by atoms with van der Waals surface area (Å²) < 4.78 is 5.23. The van der Waals surface area contributed by atoms with Crippen LogP contribution < -0.4 is 14.5 Å². The molecule has 0 spiro atoms. The highest BCUT2D eigenvalue weighted by Gasteiger charge is 2.28. The van der Waals surface area contributed by atoms with Crippen molar-refractivity contribution in [2.45, 2.75) is 25.8 Å². The summed E-state index contributed by atoms with van der Waals surface area (Å²) in [5, 5.41) is 0. The Morgan fingerprint density at radius 2 is 1.75 bits per heavy atom. The zero-order chi connectivity index (χ0) is 19.5. The monoisotopic (exact) mass is 379 g/mol. The molecule has 1 saturated heterocycles. The quantitative estimate of drug-likeness (QED) is 0.817. The third-order valence-electron chi connectivity index (χ3n) is 6.04. The standard InChI is InChI=1S/C23H29N3O2/c1-18-7-8-19-5-3-4-6-22(19)26(18)17-23(27)25-15-13-24(14-16-25)20-9-11-21(28-2)12-10-20/h3-6,9-12,18H,7-8,13-17H2,1-2H3. The summed E-state index contributed by atoms with van der Waals surface area (Å²) in [6.45, 7) is 5.98. The molecule has 1 atom stereocenters. The van der Waals surface area contributed by atoms with Crippen molar-refractivity contribution in [3.05, 3.63) is 54.1 Å². The summed E-state index contributed by atoms with van der Waals surface area (Å²) in [7, 11) is 1.68. The molecule has 1 fully saturated rings. The summed E-state index contributed by atoms with van der Waals surface area (Å²) >= 11 is 0. The van der Waals surface area contributed by atoms with E-state index in [1.54, 1.807) is 7.11 Å². The van der Waals surface area contributed by atoms with Crippen LogP contribution in [0.25, 0.3) is 0 Å². The lowest BCUT2D eigenvalue weighted by Gasteiger charge is -2.40. The molecular weight excluding hydrogens is 350 g/mol. The molecule has 0 aromatic heterocycles. The van der Waals surface area contributed by atoms with Gasteiger partial charge in [0.1, 0.15) is 5.75 Å². The van der Waals surface area contributed by atoms with Crippen LogP contribution in [0.4, 0.5) is 11.4 Å². The van der Waals surface area contributed by atoms with E-state index in [-0.39, 0.29) is 5.91 Å². The minimum Gasteiger partial charge on any atom is -0.497 e. The van der Waals surface area contributed by atoms with Crippen molar-refractivity contribution in [3.63, 3.8) is 0 Å². The van der Waals surface area contributed by atoms with E-state index in [4.69, 9.17) is 4.74 Å². The van der Waals surface area contributed by atoms with Crippen LogP contribution in [0, 0.1) is 0 Å². The van der Waals surface area contributed by atoms with Gasteiger partial charge in [-0.15, -0.1) is 0 Å². The predicted octanol–water partition coefficient (Wildman–Crippen LogP) is 3.19. The zero-order valence-electron chi connectivity index (χ0n) is 16.8. The molecule has 0 bridgehead atoms. The Kier molecular flexibility index (Phi) is 5.42. The lowest BCUT2D eigenvalue weighted by Crippen LogP contribution is -2.52. The fourth-order valence-corrected chi connectivity index (χ4v) is 4.25. The molecule has 0 radical (unpaired) electrons. The van der Waals surface area contributed by atoms with Crippen molar-refractivity contribution < 1.29 is 9.53 Å². The molecule has 2 heterocycles. The van der Waals surface area contributed by atoms with Crippen LogP contribution >= 0.6 is 0 Å². The number of carbonyl (C=O) groups is 1. The molecule has 0 saturated carbocycles. The maximum absolute atomic E-state index is 13.0. The van der Waals surface area contributed by atoms with Gasteiger partial charge in [-0.3, -0.25) is 4.79 Å². The Morgan fingerprint density at radius 3 is 2.46 bits per heavy atom. The average molecular weight is 380 g/mol. The van der Waals surface area contributed by atoms with E-state index in [0.29, 0.717) is 12.6 Å². The van der Waals surface area contributed by atoms with Crippen LogP contribution in [0.2, 0.25) is 0 Å². The largest absolute Gasteiger partial charge is 0.497 e. The minimum atomic E-state index is 0.234. The van der Waals surface area contributed by atoms with Gasteiger partial charge in [-0.25, -0.2) is 0 Å². The molecule has 148 valence electrons. The van der Waals surface area contributed by atoms with E-state index in [1.807, 2.05) is 17.0 Å². The Labute approximate surface area is 167 Å². The molecule has 0 N–H and O–H groups in total. The summed E-state index contributed by atoms with van der Waals surface area (Å²) in [5.74, 6) is 1.10. The number of aryl methyl sites for hydroxylation is 1. The summed E-state index contributed by atoms with van der Waals surface area (Å²) in [6.07, 6.45) is 2.21. The summed E-state index contributed by atoms with van der Waals surface area (Å²) in [6, 6.07) is 17.1. The van der Waals surface area contributed by atoms with Crippen molar-refractivity contribution in [2.75, 3.05) is 49.6 Å². The number of anilines is 2. The second-order valence-electron chi connectivity index (χ2n) is 7.71. The third kappa shape index (κ3) is 3.79. The van der Waals surface area contributed by atoms with Crippen LogP contribution in [0.5, 0.6) is 5.75 Å². The number of amides is 1. The molecule has 5 nitrogen and oxygen atoms in total. The molecule has 2 aliphatic heterocycles. The molecule has 2 aliphatic rings. The first kappa shape index (κ1) is 18.7. The number of piperazine rings is 1. The van der Waals surface area contributed by atoms with E-state index in [9.17, 15) is 4.79 Å². The molecule has 2 aromatic rings. The van der Waals surface area contributed by atoms with Crippen LogP contribution in [0.1, 0.15) is 18.9 Å². The number of fused-ring (bicyclic) bond motifs is 1. The molecular formula is C23H29N3O2. The van der Waals surface area contributed by atoms with Gasteiger partial charge in [-0.05, 0) is 55.7 Å². The number of ether oxygens (including phenoxy) is 1. The average Bonchev–Trinajstić information content (AvgIpc) is 2.76. The number of benzene rings is 2. The molecule has 2 aromatic carbocycles. The first-order valence-corrected chi connectivity index (χ1v) is 10.2. The van der Waals surface area contributed by atoms with E-state index in [2.05, 4.69) is 53.1 Å². The highest BCUT2D eigenvalue weighted by molar-refractivity contribution is 5.82. The lowest BCUT2D eigenvalue weighted by molar-refractivity contribution is -0.130. The maximum atomic E-state index is 13.0. The highest BCUT2D eigenvalue weighted by atomic mass is 16.5. The first-order chi connectivity index (χ1) is 13.7. The Bertz CT molecular complexity index is 813. The number of rotatable bonds is 4.